The number of carbonyl (C=O) groups is 2. The number of hydrogen-bond donors (Lipinski definition) is 3. The lowest BCUT2D eigenvalue weighted by Gasteiger charge is -2.29. The monoisotopic (exact) mass is 396 g/mol. The maximum absolute atomic E-state index is 14.6. The van der Waals surface area contributed by atoms with E-state index in [1.807, 2.05) is 6.92 Å². The fraction of sp³-hybridized carbons (Fsp3) is 0.579. The molecule has 0 aromatic heterocycles. The minimum Gasteiger partial charge on any atom is -0.384 e. The van der Waals surface area contributed by atoms with Crippen LogP contribution < -0.4 is 20.9 Å². The van der Waals surface area contributed by atoms with Gasteiger partial charge in [-0.15, -0.1) is 0 Å². The molecule has 2 unspecified atom stereocenters. The van der Waals surface area contributed by atoms with Gasteiger partial charge in [0.05, 0.1) is 6.61 Å². The summed E-state index contributed by atoms with van der Waals surface area (Å²) in [6.07, 6.45) is 2.10. The number of urea groups is 1. The van der Waals surface area contributed by atoms with Gasteiger partial charge in [-0.1, -0.05) is 6.42 Å². The maximum Gasteiger partial charge on any atom is 0.322 e. The molecule has 2 aliphatic rings. The van der Waals surface area contributed by atoms with Gasteiger partial charge in [0.15, 0.2) is 11.6 Å². The quantitative estimate of drug-likeness (QED) is 0.587. The van der Waals surface area contributed by atoms with Crippen LogP contribution in [0, 0.1) is 17.6 Å². The molecule has 3 N–H and O–H groups in total. The Kier molecular flexibility index (Phi) is 6.02. The summed E-state index contributed by atoms with van der Waals surface area (Å²) in [7, 11) is 1.54. The second kappa shape index (κ2) is 8.30. The second-order valence-corrected chi connectivity index (χ2v) is 7.21. The Labute approximate surface area is 162 Å². The average Bonchev–Trinajstić information content (AvgIpc) is 3.18. The summed E-state index contributed by atoms with van der Waals surface area (Å²) in [4.78, 5) is 25.4. The number of nitrogens with one attached hydrogen (secondary N) is 3. The Morgan fingerprint density at radius 2 is 2.04 bits per heavy atom. The van der Waals surface area contributed by atoms with E-state index in [0.29, 0.717) is 38.3 Å². The van der Waals surface area contributed by atoms with Crippen LogP contribution in [-0.2, 0) is 9.53 Å². The second-order valence-electron chi connectivity index (χ2n) is 7.21. The molecular weight excluding hydrogens is 370 g/mol. The molecule has 2 fully saturated rings. The number of imide groups is 1. The van der Waals surface area contributed by atoms with Gasteiger partial charge < -0.3 is 20.3 Å². The van der Waals surface area contributed by atoms with Gasteiger partial charge in [-0.05, 0) is 31.9 Å². The highest BCUT2D eigenvalue weighted by molar-refractivity contribution is 6.07. The van der Waals surface area contributed by atoms with Crippen LogP contribution in [0.2, 0.25) is 0 Å². The number of hydrogen-bond acceptors (Lipinski definition) is 5. The molecule has 9 heteroatoms. The van der Waals surface area contributed by atoms with Gasteiger partial charge >= 0.3 is 6.03 Å². The number of anilines is 2. The van der Waals surface area contributed by atoms with Crippen molar-refractivity contribution in [2.75, 3.05) is 43.6 Å². The molecule has 154 valence electrons. The summed E-state index contributed by atoms with van der Waals surface area (Å²) in [5.41, 5.74) is -0.710. The van der Waals surface area contributed by atoms with Crippen LogP contribution in [0.4, 0.5) is 25.0 Å². The lowest BCUT2D eigenvalue weighted by atomic mass is 9.87. The largest absolute Gasteiger partial charge is 0.384 e. The van der Waals surface area contributed by atoms with Crippen molar-refractivity contribution in [3.8, 4) is 0 Å². The van der Waals surface area contributed by atoms with E-state index in [0.717, 1.165) is 12.8 Å². The van der Waals surface area contributed by atoms with Crippen LogP contribution in [0.25, 0.3) is 0 Å². The zero-order chi connectivity index (χ0) is 20.3. The lowest BCUT2D eigenvalue weighted by Crippen LogP contribution is -2.51. The Hall–Kier alpha value is -2.42. The van der Waals surface area contributed by atoms with Crippen molar-refractivity contribution in [1.29, 1.82) is 0 Å². The molecule has 1 aliphatic carbocycles. The third kappa shape index (κ3) is 3.76. The van der Waals surface area contributed by atoms with Gasteiger partial charge in [-0.3, -0.25) is 10.1 Å². The van der Waals surface area contributed by atoms with Crippen LogP contribution in [-0.4, -0.2) is 50.8 Å². The molecule has 1 aromatic rings. The van der Waals surface area contributed by atoms with E-state index in [2.05, 4.69) is 16.0 Å². The van der Waals surface area contributed by atoms with Crippen molar-refractivity contribution >= 4 is 23.3 Å². The summed E-state index contributed by atoms with van der Waals surface area (Å²) in [5, 5.41) is 8.05. The van der Waals surface area contributed by atoms with Crippen LogP contribution >= 0.6 is 0 Å². The van der Waals surface area contributed by atoms with Crippen LogP contribution in [0.5, 0.6) is 0 Å². The third-order valence-corrected chi connectivity index (χ3v) is 5.62. The lowest BCUT2D eigenvalue weighted by molar-refractivity contribution is -0.125. The zero-order valence-corrected chi connectivity index (χ0v) is 16.1. The number of halogens is 2. The first-order valence-electron chi connectivity index (χ1n) is 9.51. The van der Waals surface area contributed by atoms with Crippen molar-refractivity contribution in [2.45, 2.75) is 31.7 Å². The Bertz CT molecular complexity index is 738. The van der Waals surface area contributed by atoms with Crippen LogP contribution in [0.1, 0.15) is 26.2 Å². The van der Waals surface area contributed by atoms with Gasteiger partial charge in [0.2, 0.25) is 0 Å². The molecule has 1 spiro atoms. The van der Waals surface area contributed by atoms with E-state index >= 15 is 0 Å². The van der Waals surface area contributed by atoms with Gasteiger partial charge in [-0.2, -0.15) is 0 Å². The molecule has 2 atom stereocenters. The first kappa shape index (κ1) is 20.3. The van der Waals surface area contributed by atoms with Crippen molar-refractivity contribution < 1.29 is 23.1 Å². The summed E-state index contributed by atoms with van der Waals surface area (Å²) in [6.45, 7) is 3.34. The van der Waals surface area contributed by atoms with Crippen LogP contribution in [0.3, 0.4) is 0 Å². The van der Waals surface area contributed by atoms with Gasteiger partial charge in [0, 0.05) is 38.3 Å². The third-order valence-electron chi connectivity index (χ3n) is 5.62. The Morgan fingerprint density at radius 1 is 1.32 bits per heavy atom. The van der Waals surface area contributed by atoms with E-state index in [1.54, 1.807) is 4.90 Å². The number of ether oxygens (including phenoxy) is 1. The van der Waals surface area contributed by atoms with E-state index in [-0.39, 0.29) is 17.5 Å². The van der Waals surface area contributed by atoms with Gasteiger partial charge in [0.1, 0.15) is 11.2 Å². The average molecular weight is 396 g/mol. The van der Waals surface area contributed by atoms with Crippen molar-refractivity contribution in [3.63, 3.8) is 0 Å². The predicted molar refractivity (Wildman–Crippen MR) is 101 cm³/mol. The van der Waals surface area contributed by atoms with E-state index < -0.39 is 23.2 Å². The molecule has 1 heterocycles. The van der Waals surface area contributed by atoms with E-state index in [9.17, 15) is 18.4 Å². The number of amides is 3. The van der Waals surface area contributed by atoms with E-state index in [1.165, 1.54) is 19.2 Å². The number of carbonyl (C=O) groups excluding carboxylic acids is 2. The highest BCUT2D eigenvalue weighted by atomic mass is 19.1. The Morgan fingerprint density at radius 3 is 2.61 bits per heavy atom. The standard InChI is InChI=1S/C19H26F2N4O3/c1-3-25(7-8-28-2)16-14(20)9-13(10-15(16)21)22-11-12-5-4-6-19(12)17(26)23-18(27)24-19/h9-10,12,22H,3-8,11H2,1-2H3,(H2,23,24,26,27). The van der Waals surface area contributed by atoms with Gasteiger partial charge in [0.25, 0.3) is 5.91 Å². The zero-order valence-electron chi connectivity index (χ0n) is 16.1. The van der Waals surface area contributed by atoms with Crippen molar-refractivity contribution in [1.82, 2.24) is 10.6 Å². The van der Waals surface area contributed by atoms with Gasteiger partial charge in [-0.25, -0.2) is 13.6 Å². The molecule has 0 bridgehead atoms. The molecule has 3 amide bonds. The first-order chi connectivity index (χ1) is 13.4. The molecule has 0 radical (unpaired) electrons. The summed E-state index contributed by atoms with van der Waals surface area (Å²) < 4.78 is 34.2. The molecule has 1 aliphatic heterocycles. The summed E-state index contributed by atoms with van der Waals surface area (Å²) in [6, 6.07) is 2.01. The van der Waals surface area contributed by atoms with Crippen molar-refractivity contribution in [2.24, 2.45) is 5.92 Å². The smallest absolute Gasteiger partial charge is 0.322 e. The molecular formula is C19H26F2N4O3. The number of likely N-dealkylation sites (N-methyl/N-ethyl adjacent to an activating group) is 1. The Balaban J connectivity index is 1.71. The number of methoxy groups -OCH3 is 1. The molecule has 28 heavy (non-hydrogen) atoms. The predicted octanol–water partition coefficient (Wildman–Crippen LogP) is 2.23. The molecule has 1 saturated heterocycles. The fourth-order valence-electron chi connectivity index (χ4n) is 4.16. The minimum absolute atomic E-state index is 0.0788. The number of nitrogens with zero attached hydrogens (tertiary/aromatic N) is 1. The van der Waals surface area contributed by atoms with Crippen molar-refractivity contribution in [3.05, 3.63) is 23.8 Å². The SMILES string of the molecule is CCN(CCOC)c1c(F)cc(NCC2CCCC23NC(=O)NC3=O)cc1F. The highest BCUT2D eigenvalue weighted by Gasteiger charge is 2.54. The number of rotatable bonds is 8. The maximum atomic E-state index is 14.6. The molecule has 3 rings (SSSR count). The minimum atomic E-state index is -0.930. The first-order valence-corrected chi connectivity index (χ1v) is 9.51. The van der Waals surface area contributed by atoms with Crippen LogP contribution in [0.15, 0.2) is 12.1 Å². The normalized spacial score (nSPS) is 23.8. The topological polar surface area (TPSA) is 82.7 Å². The molecule has 1 saturated carbocycles. The fourth-order valence-corrected chi connectivity index (χ4v) is 4.16. The summed E-state index contributed by atoms with van der Waals surface area (Å²) in [5.74, 6) is -1.80. The summed E-state index contributed by atoms with van der Waals surface area (Å²) >= 11 is 0. The van der Waals surface area contributed by atoms with E-state index in [4.69, 9.17) is 4.74 Å². The molecule has 1 aromatic carbocycles. The number of benzene rings is 1. The molecule has 7 nitrogen and oxygen atoms in total. The highest BCUT2D eigenvalue weighted by Crippen LogP contribution is 2.38.